The Morgan fingerprint density at radius 2 is 2.44 bits per heavy atom. The van der Waals surface area contributed by atoms with Crippen LogP contribution in [0.25, 0.3) is 0 Å². The summed E-state index contributed by atoms with van der Waals surface area (Å²) in [6.07, 6.45) is 0.734. The molecule has 1 atom stereocenters. The Kier molecular flexibility index (Phi) is 4.85. The van der Waals surface area contributed by atoms with Crippen molar-refractivity contribution in [1.82, 2.24) is 15.3 Å². The highest BCUT2D eigenvalue weighted by molar-refractivity contribution is 7.09. The van der Waals surface area contributed by atoms with E-state index in [1.165, 1.54) is 4.88 Å². The summed E-state index contributed by atoms with van der Waals surface area (Å²) < 4.78 is 0. The van der Waals surface area contributed by atoms with Crippen LogP contribution in [0.15, 0.2) is 5.51 Å². The van der Waals surface area contributed by atoms with Gasteiger partial charge in [0.2, 0.25) is 0 Å². The predicted molar refractivity (Wildman–Crippen MR) is 64.7 cm³/mol. The molecule has 0 saturated carbocycles. The number of aromatic nitrogens is 1. The van der Waals surface area contributed by atoms with Gasteiger partial charge in [-0.25, -0.2) is 10.8 Å². The van der Waals surface area contributed by atoms with E-state index in [4.69, 9.17) is 5.84 Å². The Bertz CT molecular complexity index is 352. The van der Waals surface area contributed by atoms with Crippen LogP contribution in [-0.4, -0.2) is 28.9 Å². The maximum atomic E-state index is 11.5. The van der Waals surface area contributed by atoms with Crippen LogP contribution in [0.2, 0.25) is 0 Å². The van der Waals surface area contributed by atoms with Crippen LogP contribution >= 0.6 is 11.3 Å². The van der Waals surface area contributed by atoms with Gasteiger partial charge in [-0.1, -0.05) is 6.92 Å². The molecule has 1 unspecified atom stereocenters. The zero-order valence-electron chi connectivity index (χ0n) is 9.86. The number of carbonyl (C=O) groups is 1. The molecule has 16 heavy (non-hydrogen) atoms. The molecule has 1 aromatic heterocycles. The standard InChI is InChI=1S/C10H18N4OS/c1-4-8(10(15)13-11)14(3)5-9-7(2)12-6-16-9/h6,8H,4-5,11H2,1-3H3,(H,13,15). The molecule has 6 heteroatoms. The van der Waals surface area contributed by atoms with Gasteiger partial charge >= 0.3 is 0 Å². The van der Waals surface area contributed by atoms with Crippen molar-refractivity contribution < 1.29 is 4.79 Å². The first kappa shape index (κ1) is 13.1. The van der Waals surface area contributed by atoms with Crippen LogP contribution in [0.5, 0.6) is 0 Å². The van der Waals surface area contributed by atoms with Gasteiger partial charge in [-0.2, -0.15) is 0 Å². The number of carbonyl (C=O) groups excluding carboxylic acids is 1. The largest absolute Gasteiger partial charge is 0.293 e. The number of amides is 1. The first-order chi connectivity index (χ1) is 7.60. The molecule has 0 spiro atoms. The lowest BCUT2D eigenvalue weighted by Gasteiger charge is -2.24. The van der Waals surface area contributed by atoms with Gasteiger partial charge in [0.05, 0.1) is 17.2 Å². The van der Waals surface area contributed by atoms with E-state index in [2.05, 4.69) is 10.4 Å². The number of hydrogen-bond acceptors (Lipinski definition) is 5. The Labute approximate surface area is 99.6 Å². The summed E-state index contributed by atoms with van der Waals surface area (Å²) in [4.78, 5) is 18.9. The summed E-state index contributed by atoms with van der Waals surface area (Å²) >= 11 is 1.61. The van der Waals surface area contributed by atoms with Crippen molar-refractivity contribution in [3.05, 3.63) is 16.1 Å². The maximum Gasteiger partial charge on any atom is 0.251 e. The lowest BCUT2D eigenvalue weighted by molar-refractivity contribution is -0.126. The molecule has 0 fully saturated rings. The molecule has 0 aromatic carbocycles. The fourth-order valence-corrected chi connectivity index (χ4v) is 2.45. The molecule has 3 N–H and O–H groups in total. The molecule has 1 rings (SSSR count). The van der Waals surface area contributed by atoms with Gasteiger partial charge in [0, 0.05) is 11.4 Å². The second-order valence-electron chi connectivity index (χ2n) is 3.71. The summed E-state index contributed by atoms with van der Waals surface area (Å²) in [5.41, 5.74) is 5.05. The summed E-state index contributed by atoms with van der Waals surface area (Å²) in [6, 6.07) is -0.188. The number of aryl methyl sites for hydroxylation is 1. The second kappa shape index (κ2) is 5.93. The van der Waals surface area contributed by atoms with Crippen molar-refractivity contribution in [2.75, 3.05) is 7.05 Å². The van der Waals surface area contributed by atoms with Gasteiger partial charge in [0.15, 0.2) is 0 Å². The Morgan fingerprint density at radius 1 is 1.75 bits per heavy atom. The average Bonchev–Trinajstić information content (AvgIpc) is 2.65. The third-order valence-corrected chi connectivity index (χ3v) is 3.52. The SMILES string of the molecule is CCC(C(=O)NN)N(C)Cc1scnc1C. The molecule has 1 amide bonds. The van der Waals surface area contributed by atoms with Gasteiger partial charge in [0.25, 0.3) is 5.91 Å². The van der Waals surface area contributed by atoms with Gasteiger partial charge in [0.1, 0.15) is 0 Å². The molecule has 0 aliphatic rings. The van der Waals surface area contributed by atoms with E-state index < -0.39 is 0 Å². The highest BCUT2D eigenvalue weighted by atomic mass is 32.1. The molecule has 1 aromatic rings. The van der Waals surface area contributed by atoms with Crippen LogP contribution < -0.4 is 11.3 Å². The molecular formula is C10H18N4OS. The lowest BCUT2D eigenvalue weighted by Crippen LogP contribution is -2.46. The van der Waals surface area contributed by atoms with E-state index >= 15 is 0 Å². The normalized spacial score (nSPS) is 12.8. The molecule has 0 aliphatic carbocycles. The van der Waals surface area contributed by atoms with Crippen LogP contribution in [0.4, 0.5) is 0 Å². The van der Waals surface area contributed by atoms with Crippen molar-refractivity contribution in [1.29, 1.82) is 0 Å². The topological polar surface area (TPSA) is 71.2 Å². The third kappa shape index (κ3) is 3.01. The van der Waals surface area contributed by atoms with Crippen molar-refractivity contribution in [3.8, 4) is 0 Å². The number of rotatable bonds is 5. The van der Waals surface area contributed by atoms with Crippen LogP contribution in [0.3, 0.4) is 0 Å². The Morgan fingerprint density at radius 3 is 2.88 bits per heavy atom. The van der Waals surface area contributed by atoms with Gasteiger partial charge in [-0.15, -0.1) is 11.3 Å². The molecule has 0 bridgehead atoms. The monoisotopic (exact) mass is 242 g/mol. The summed E-state index contributed by atoms with van der Waals surface area (Å²) in [6.45, 7) is 4.67. The summed E-state index contributed by atoms with van der Waals surface area (Å²) in [7, 11) is 1.92. The molecule has 0 saturated heterocycles. The van der Waals surface area contributed by atoms with E-state index in [0.717, 1.165) is 18.7 Å². The molecular weight excluding hydrogens is 224 g/mol. The number of nitrogens with zero attached hydrogens (tertiary/aromatic N) is 2. The zero-order valence-corrected chi connectivity index (χ0v) is 10.7. The van der Waals surface area contributed by atoms with Crippen LogP contribution in [0, 0.1) is 6.92 Å². The van der Waals surface area contributed by atoms with Crippen molar-refractivity contribution >= 4 is 17.2 Å². The maximum absolute atomic E-state index is 11.5. The van der Waals surface area contributed by atoms with Gasteiger partial charge in [-0.3, -0.25) is 15.1 Å². The highest BCUT2D eigenvalue weighted by Crippen LogP contribution is 2.16. The van der Waals surface area contributed by atoms with Crippen LogP contribution in [-0.2, 0) is 11.3 Å². The highest BCUT2D eigenvalue weighted by Gasteiger charge is 2.21. The van der Waals surface area contributed by atoms with Gasteiger partial charge < -0.3 is 0 Å². The van der Waals surface area contributed by atoms with Crippen molar-refractivity contribution in [2.45, 2.75) is 32.9 Å². The first-order valence-corrected chi connectivity index (χ1v) is 6.07. The minimum atomic E-state index is -0.188. The second-order valence-corrected chi connectivity index (χ2v) is 4.65. The lowest BCUT2D eigenvalue weighted by atomic mass is 10.2. The first-order valence-electron chi connectivity index (χ1n) is 5.19. The Balaban J connectivity index is 2.66. The van der Waals surface area contributed by atoms with Gasteiger partial charge in [-0.05, 0) is 20.4 Å². The molecule has 0 radical (unpaired) electrons. The Hall–Kier alpha value is -0.980. The average molecular weight is 242 g/mol. The van der Waals surface area contributed by atoms with Crippen molar-refractivity contribution in [2.24, 2.45) is 5.84 Å². The number of hydrazine groups is 1. The number of nitrogens with two attached hydrogens (primary N) is 1. The minimum Gasteiger partial charge on any atom is -0.293 e. The van der Waals surface area contributed by atoms with Crippen molar-refractivity contribution in [3.63, 3.8) is 0 Å². The molecule has 1 heterocycles. The number of thiazole rings is 1. The van der Waals surface area contributed by atoms with E-state index in [9.17, 15) is 4.79 Å². The molecule has 5 nitrogen and oxygen atoms in total. The number of likely N-dealkylation sites (N-methyl/N-ethyl adjacent to an activating group) is 1. The fraction of sp³-hybridized carbons (Fsp3) is 0.600. The predicted octanol–water partition coefficient (Wildman–Crippen LogP) is 0.652. The minimum absolute atomic E-state index is 0.146. The summed E-state index contributed by atoms with van der Waals surface area (Å²) in [5, 5.41) is 0. The quantitative estimate of drug-likeness (QED) is 0.452. The smallest absolute Gasteiger partial charge is 0.251 e. The number of hydrogen-bond donors (Lipinski definition) is 2. The molecule has 90 valence electrons. The van der Waals surface area contributed by atoms with Crippen LogP contribution in [0.1, 0.15) is 23.9 Å². The van der Waals surface area contributed by atoms with E-state index in [1.54, 1.807) is 11.3 Å². The number of nitrogens with one attached hydrogen (secondary N) is 1. The van der Waals surface area contributed by atoms with E-state index in [-0.39, 0.29) is 11.9 Å². The third-order valence-electron chi connectivity index (χ3n) is 2.60. The zero-order chi connectivity index (χ0) is 12.1. The van der Waals surface area contributed by atoms with E-state index in [1.807, 2.05) is 31.3 Å². The fourth-order valence-electron chi connectivity index (χ4n) is 1.61. The summed E-state index contributed by atoms with van der Waals surface area (Å²) in [5.74, 6) is 5.01. The van der Waals surface area contributed by atoms with E-state index in [0.29, 0.717) is 0 Å². The molecule has 0 aliphatic heterocycles.